The Morgan fingerprint density at radius 2 is 1.92 bits per heavy atom. The molecule has 2 rings (SSSR count). The van der Waals surface area contributed by atoms with Crippen LogP contribution in [0.3, 0.4) is 0 Å². The van der Waals surface area contributed by atoms with Crippen molar-refractivity contribution in [3.05, 3.63) is 71.6 Å². The largest absolute Gasteiger partial charge is 0.384 e. The molecule has 0 aliphatic rings. The van der Waals surface area contributed by atoms with Gasteiger partial charge in [0.2, 0.25) is 5.91 Å². The maximum absolute atomic E-state index is 12.0. The van der Waals surface area contributed by atoms with Crippen LogP contribution in [0, 0.1) is 5.41 Å². The summed E-state index contributed by atoms with van der Waals surface area (Å²) in [6, 6.07) is 9.16. The molecule has 1 unspecified atom stereocenters. The summed E-state index contributed by atoms with van der Waals surface area (Å²) >= 11 is 0. The Hall–Kier alpha value is -2.51. The Balaban J connectivity index is 0.00000338. The number of nitrogens with one attached hydrogen (secondary N) is 2. The normalized spacial score (nSPS) is 12.2. The van der Waals surface area contributed by atoms with Crippen LogP contribution in [0.25, 0.3) is 6.08 Å². The maximum Gasteiger partial charge on any atom is 0.352 e. The fraction of sp³-hybridized carbons (Fsp3) is 0.0625. The van der Waals surface area contributed by atoms with Crippen molar-refractivity contribution in [2.24, 2.45) is 5.73 Å². The number of carbonyl (C=O) groups is 1. The summed E-state index contributed by atoms with van der Waals surface area (Å²) in [4.78, 5) is 35.0. The van der Waals surface area contributed by atoms with E-state index in [1.807, 2.05) is 0 Å². The van der Waals surface area contributed by atoms with Gasteiger partial charge < -0.3 is 20.8 Å². The van der Waals surface area contributed by atoms with Crippen LogP contribution < -0.4 is 11.1 Å². The lowest BCUT2D eigenvalue weighted by Gasteiger charge is -2.19. The number of nitrogens with zero attached hydrogens (tertiary/aromatic N) is 1. The number of hydrogen-bond acceptors (Lipinski definition) is 4. The SMILES string of the molecule is Cl.N=C(N)c1ccc(C(NC(=O)/C=C/c2cccnc2)P(=O)(O)O)cc1. The zero-order valence-corrected chi connectivity index (χ0v) is 15.2. The second kappa shape index (κ2) is 9.26. The minimum Gasteiger partial charge on any atom is -0.384 e. The number of benzene rings is 1. The van der Waals surface area contributed by atoms with E-state index in [0.29, 0.717) is 11.1 Å². The zero-order chi connectivity index (χ0) is 18.4. The molecule has 0 aliphatic carbocycles. The smallest absolute Gasteiger partial charge is 0.352 e. The highest BCUT2D eigenvalue weighted by atomic mass is 35.5. The Kier molecular flexibility index (Phi) is 7.67. The molecule has 8 nitrogen and oxygen atoms in total. The van der Waals surface area contributed by atoms with Crippen molar-refractivity contribution < 1.29 is 19.1 Å². The van der Waals surface area contributed by atoms with Crippen LogP contribution >= 0.6 is 20.0 Å². The second-order valence-corrected chi connectivity index (χ2v) is 6.85. The summed E-state index contributed by atoms with van der Waals surface area (Å²) in [7, 11) is -4.65. The molecule has 0 bridgehead atoms. The summed E-state index contributed by atoms with van der Waals surface area (Å²) in [6.07, 6.45) is 5.79. The van der Waals surface area contributed by atoms with E-state index in [0.717, 1.165) is 0 Å². The number of pyridine rings is 1. The summed E-state index contributed by atoms with van der Waals surface area (Å²) in [5, 5.41) is 9.62. The number of carbonyl (C=O) groups excluding carboxylic acids is 1. The summed E-state index contributed by atoms with van der Waals surface area (Å²) < 4.78 is 11.7. The summed E-state index contributed by atoms with van der Waals surface area (Å²) in [5.74, 6) is -2.32. The number of rotatable bonds is 6. The van der Waals surface area contributed by atoms with Crippen molar-refractivity contribution in [1.82, 2.24) is 10.3 Å². The van der Waals surface area contributed by atoms with Gasteiger partial charge in [-0.3, -0.25) is 19.8 Å². The van der Waals surface area contributed by atoms with Gasteiger partial charge in [0.15, 0.2) is 5.78 Å². The molecule has 0 aliphatic heterocycles. The van der Waals surface area contributed by atoms with Gasteiger partial charge in [-0.1, -0.05) is 30.3 Å². The van der Waals surface area contributed by atoms with Gasteiger partial charge in [0, 0.05) is 24.0 Å². The lowest BCUT2D eigenvalue weighted by Crippen LogP contribution is -2.27. The van der Waals surface area contributed by atoms with Gasteiger partial charge in [-0.05, 0) is 23.3 Å². The highest BCUT2D eigenvalue weighted by Crippen LogP contribution is 2.49. The van der Waals surface area contributed by atoms with Crippen LogP contribution in [0.5, 0.6) is 0 Å². The summed E-state index contributed by atoms with van der Waals surface area (Å²) in [6.45, 7) is 0. The fourth-order valence-electron chi connectivity index (χ4n) is 2.04. The first kappa shape index (κ1) is 21.5. The molecule has 1 aromatic carbocycles. The summed E-state index contributed by atoms with van der Waals surface area (Å²) in [5.41, 5.74) is 6.65. The highest BCUT2D eigenvalue weighted by Gasteiger charge is 2.31. The number of amidine groups is 1. The van der Waals surface area contributed by atoms with E-state index in [1.54, 1.807) is 24.5 Å². The van der Waals surface area contributed by atoms with Crippen LogP contribution in [0.15, 0.2) is 54.9 Å². The molecular formula is C16H18ClN4O4P. The highest BCUT2D eigenvalue weighted by molar-refractivity contribution is 7.52. The molecule has 10 heteroatoms. The van der Waals surface area contributed by atoms with E-state index in [4.69, 9.17) is 11.1 Å². The molecule has 1 heterocycles. The van der Waals surface area contributed by atoms with Crippen molar-refractivity contribution in [3.8, 4) is 0 Å². The zero-order valence-electron chi connectivity index (χ0n) is 13.4. The predicted octanol–water partition coefficient (Wildman–Crippen LogP) is 1.79. The Bertz CT molecular complexity index is 837. The maximum atomic E-state index is 12.0. The Labute approximate surface area is 156 Å². The molecule has 1 aromatic heterocycles. The number of nitrogens with two attached hydrogens (primary N) is 1. The molecule has 0 saturated carbocycles. The third-order valence-corrected chi connectivity index (χ3v) is 4.36. The number of halogens is 1. The number of nitrogen functional groups attached to an aromatic ring is 1. The van der Waals surface area contributed by atoms with Gasteiger partial charge in [0.1, 0.15) is 5.84 Å². The van der Waals surface area contributed by atoms with Gasteiger partial charge in [0.25, 0.3) is 0 Å². The molecule has 0 fully saturated rings. The van der Waals surface area contributed by atoms with Crippen molar-refractivity contribution in [1.29, 1.82) is 5.41 Å². The first-order chi connectivity index (χ1) is 11.8. The molecule has 6 N–H and O–H groups in total. The molecule has 0 spiro atoms. The van der Waals surface area contributed by atoms with E-state index in [1.165, 1.54) is 36.4 Å². The first-order valence-corrected chi connectivity index (χ1v) is 8.83. The molecule has 138 valence electrons. The van der Waals surface area contributed by atoms with E-state index in [9.17, 15) is 19.1 Å². The van der Waals surface area contributed by atoms with Crippen LogP contribution in [-0.2, 0) is 9.36 Å². The minimum absolute atomic E-state index is 0. The third-order valence-electron chi connectivity index (χ3n) is 3.26. The molecule has 0 saturated heterocycles. The predicted molar refractivity (Wildman–Crippen MR) is 101 cm³/mol. The topological polar surface area (TPSA) is 149 Å². The lowest BCUT2D eigenvalue weighted by atomic mass is 10.1. The third kappa shape index (κ3) is 6.09. The van der Waals surface area contributed by atoms with Crippen molar-refractivity contribution in [2.75, 3.05) is 0 Å². The first-order valence-electron chi connectivity index (χ1n) is 7.15. The van der Waals surface area contributed by atoms with Crippen LogP contribution in [0.4, 0.5) is 0 Å². The van der Waals surface area contributed by atoms with E-state index in [-0.39, 0.29) is 23.8 Å². The van der Waals surface area contributed by atoms with Crippen LogP contribution in [0.2, 0.25) is 0 Å². The molecular weight excluding hydrogens is 379 g/mol. The van der Waals surface area contributed by atoms with E-state index >= 15 is 0 Å². The van der Waals surface area contributed by atoms with E-state index < -0.39 is 19.3 Å². The molecule has 1 amide bonds. The van der Waals surface area contributed by atoms with E-state index in [2.05, 4.69) is 10.3 Å². The fourth-order valence-corrected chi connectivity index (χ4v) is 2.89. The van der Waals surface area contributed by atoms with Gasteiger partial charge in [-0.15, -0.1) is 12.4 Å². The minimum atomic E-state index is -4.65. The molecule has 0 radical (unpaired) electrons. The van der Waals surface area contributed by atoms with Gasteiger partial charge in [0.05, 0.1) is 0 Å². The van der Waals surface area contributed by atoms with Gasteiger partial charge in [-0.25, -0.2) is 0 Å². The molecule has 2 aromatic rings. The number of hydrogen-bond donors (Lipinski definition) is 5. The molecule has 26 heavy (non-hydrogen) atoms. The monoisotopic (exact) mass is 396 g/mol. The average molecular weight is 397 g/mol. The van der Waals surface area contributed by atoms with Crippen molar-refractivity contribution >= 4 is 37.8 Å². The van der Waals surface area contributed by atoms with Crippen molar-refractivity contribution in [3.63, 3.8) is 0 Å². The standard InChI is InChI=1S/C16H17N4O4P.ClH/c17-15(18)12-4-6-13(7-5-12)16(25(22,23)24)20-14(21)8-3-11-2-1-9-19-10-11;/h1-10,16H,(H3,17,18)(H,20,21)(H2,22,23,24);1H/b8-3+;. The van der Waals surface area contributed by atoms with Gasteiger partial charge >= 0.3 is 7.60 Å². The quantitative estimate of drug-likeness (QED) is 0.217. The second-order valence-electron chi connectivity index (χ2n) is 5.16. The average Bonchev–Trinajstić information content (AvgIpc) is 2.58. The molecule has 1 atom stereocenters. The Morgan fingerprint density at radius 1 is 1.27 bits per heavy atom. The van der Waals surface area contributed by atoms with Crippen LogP contribution in [0.1, 0.15) is 22.5 Å². The van der Waals surface area contributed by atoms with Crippen LogP contribution in [-0.4, -0.2) is 26.5 Å². The van der Waals surface area contributed by atoms with Gasteiger partial charge in [-0.2, -0.15) is 0 Å². The number of amides is 1. The number of aromatic nitrogens is 1. The lowest BCUT2D eigenvalue weighted by molar-refractivity contribution is -0.116. The Morgan fingerprint density at radius 3 is 2.42 bits per heavy atom. The van der Waals surface area contributed by atoms with Crippen molar-refractivity contribution in [2.45, 2.75) is 5.78 Å².